The summed E-state index contributed by atoms with van der Waals surface area (Å²) in [6, 6.07) is 31.2. The van der Waals surface area contributed by atoms with E-state index in [1.807, 2.05) is 60.7 Å². The van der Waals surface area contributed by atoms with E-state index in [0.717, 1.165) is 43.8 Å². The Balaban J connectivity index is 2.09. The molecule has 5 aromatic rings. The summed E-state index contributed by atoms with van der Waals surface area (Å²) in [6.07, 6.45) is 0. The highest BCUT2D eigenvalue weighted by Crippen LogP contribution is 2.48. The Morgan fingerprint density at radius 3 is 1.07 bits per heavy atom. The summed E-state index contributed by atoms with van der Waals surface area (Å²) in [5.74, 6) is 0.444. The van der Waals surface area contributed by atoms with E-state index in [4.69, 9.17) is 0 Å². The number of hydrogen-bond acceptors (Lipinski definition) is 2. The van der Waals surface area contributed by atoms with Crippen molar-refractivity contribution < 1.29 is 10.2 Å². The van der Waals surface area contributed by atoms with Crippen molar-refractivity contribution in [1.29, 1.82) is 0 Å². The Labute approximate surface area is 162 Å². The quantitative estimate of drug-likeness (QED) is 0.341. The standard InChI is InChI=1S/C26H18O2/c27-23-15-7-5-13-21(23)25-19-11-3-1-9-17(19)18-10-2-4-12-20(18)26(25)22-14-6-8-16-24(22)28/h1-16,27-28H. The second-order valence-electron chi connectivity index (χ2n) is 6.88. The van der Waals surface area contributed by atoms with Gasteiger partial charge in [0.2, 0.25) is 0 Å². The molecule has 134 valence electrons. The lowest BCUT2D eigenvalue weighted by Crippen LogP contribution is -1.92. The van der Waals surface area contributed by atoms with Gasteiger partial charge in [0.1, 0.15) is 11.5 Å². The van der Waals surface area contributed by atoms with Gasteiger partial charge in [-0.3, -0.25) is 0 Å². The molecule has 0 aliphatic heterocycles. The van der Waals surface area contributed by atoms with Crippen LogP contribution in [0.1, 0.15) is 0 Å². The fourth-order valence-corrected chi connectivity index (χ4v) is 4.07. The molecule has 0 spiro atoms. The second kappa shape index (κ2) is 6.43. The number of aromatic hydroxyl groups is 2. The average Bonchev–Trinajstić information content (AvgIpc) is 2.74. The van der Waals surface area contributed by atoms with Crippen molar-refractivity contribution in [2.75, 3.05) is 0 Å². The highest BCUT2D eigenvalue weighted by molar-refractivity contribution is 6.22. The first-order valence-electron chi connectivity index (χ1n) is 9.26. The smallest absolute Gasteiger partial charge is 0.123 e. The molecule has 5 rings (SSSR count). The van der Waals surface area contributed by atoms with Crippen LogP contribution in [0, 0.1) is 0 Å². The third kappa shape index (κ3) is 2.43. The van der Waals surface area contributed by atoms with Gasteiger partial charge in [-0.1, -0.05) is 84.9 Å². The number of phenols is 2. The highest BCUT2D eigenvalue weighted by atomic mass is 16.3. The van der Waals surface area contributed by atoms with E-state index < -0.39 is 0 Å². The first-order chi connectivity index (χ1) is 13.8. The van der Waals surface area contributed by atoms with E-state index >= 15 is 0 Å². The normalized spacial score (nSPS) is 11.1. The Morgan fingerprint density at radius 1 is 0.357 bits per heavy atom. The largest absolute Gasteiger partial charge is 0.507 e. The Morgan fingerprint density at radius 2 is 0.679 bits per heavy atom. The Hall–Kier alpha value is -3.78. The SMILES string of the molecule is Oc1ccccc1-c1c(-c2ccccc2O)c2ccccc2c2ccccc12. The average molecular weight is 362 g/mol. The van der Waals surface area contributed by atoms with Gasteiger partial charge in [0, 0.05) is 22.3 Å². The molecule has 0 fully saturated rings. The van der Waals surface area contributed by atoms with Crippen LogP contribution in [0.3, 0.4) is 0 Å². The predicted octanol–water partition coefficient (Wildman–Crippen LogP) is 6.74. The molecule has 0 aliphatic carbocycles. The monoisotopic (exact) mass is 362 g/mol. The predicted molar refractivity (Wildman–Crippen MR) is 116 cm³/mol. The molecule has 0 atom stereocenters. The van der Waals surface area contributed by atoms with Crippen molar-refractivity contribution in [3.05, 3.63) is 97.1 Å². The van der Waals surface area contributed by atoms with Crippen LogP contribution in [-0.2, 0) is 0 Å². The van der Waals surface area contributed by atoms with Crippen molar-refractivity contribution in [1.82, 2.24) is 0 Å². The molecule has 0 aliphatic rings. The fourth-order valence-electron chi connectivity index (χ4n) is 4.07. The van der Waals surface area contributed by atoms with Gasteiger partial charge in [-0.05, 0) is 33.7 Å². The summed E-state index contributed by atoms with van der Waals surface area (Å²) in [7, 11) is 0. The molecule has 0 bridgehead atoms. The summed E-state index contributed by atoms with van der Waals surface area (Å²) < 4.78 is 0. The van der Waals surface area contributed by atoms with Crippen LogP contribution in [0.2, 0.25) is 0 Å². The Bertz CT molecular complexity index is 1230. The maximum absolute atomic E-state index is 10.7. The first kappa shape index (κ1) is 16.4. The number of benzene rings is 5. The molecular formula is C26H18O2. The third-order valence-electron chi connectivity index (χ3n) is 5.28. The van der Waals surface area contributed by atoms with Crippen LogP contribution in [0.5, 0.6) is 11.5 Å². The molecule has 0 aromatic heterocycles. The van der Waals surface area contributed by atoms with Crippen molar-refractivity contribution in [3.8, 4) is 33.8 Å². The van der Waals surface area contributed by atoms with Gasteiger partial charge in [-0.25, -0.2) is 0 Å². The number of fused-ring (bicyclic) bond motifs is 3. The zero-order valence-corrected chi connectivity index (χ0v) is 15.1. The lowest BCUT2D eigenvalue weighted by molar-refractivity contribution is 0.476. The van der Waals surface area contributed by atoms with Crippen molar-refractivity contribution in [2.24, 2.45) is 0 Å². The summed E-state index contributed by atoms with van der Waals surface area (Å²) in [6.45, 7) is 0. The van der Waals surface area contributed by atoms with Crippen LogP contribution < -0.4 is 0 Å². The van der Waals surface area contributed by atoms with Crippen LogP contribution >= 0.6 is 0 Å². The van der Waals surface area contributed by atoms with Crippen LogP contribution in [0.25, 0.3) is 43.8 Å². The number of rotatable bonds is 2. The maximum atomic E-state index is 10.7. The van der Waals surface area contributed by atoms with Crippen molar-refractivity contribution in [2.45, 2.75) is 0 Å². The molecule has 0 amide bonds. The van der Waals surface area contributed by atoms with Crippen LogP contribution in [-0.4, -0.2) is 10.2 Å². The number of hydrogen-bond donors (Lipinski definition) is 2. The van der Waals surface area contributed by atoms with Gasteiger partial charge in [0.05, 0.1) is 0 Å². The van der Waals surface area contributed by atoms with Gasteiger partial charge in [-0.15, -0.1) is 0 Å². The minimum absolute atomic E-state index is 0.222. The summed E-state index contributed by atoms with van der Waals surface area (Å²) in [5.41, 5.74) is 3.35. The minimum Gasteiger partial charge on any atom is -0.507 e. The zero-order chi connectivity index (χ0) is 19.1. The van der Waals surface area contributed by atoms with E-state index in [1.54, 1.807) is 12.1 Å². The molecule has 0 saturated carbocycles. The van der Waals surface area contributed by atoms with Crippen LogP contribution in [0.15, 0.2) is 97.1 Å². The van der Waals surface area contributed by atoms with E-state index in [2.05, 4.69) is 24.3 Å². The molecule has 0 unspecified atom stereocenters. The number of para-hydroxylation sites is 2. The van der Waals surface area contributed by atoms with E-state index in [1.165, 1.54) is 0 Å². The van der Waals surface area contributed by atoms with Crippen LogP contribution in [0.4, 0.5) is 0 Å². The van der Waals surface area contributed by atoms with Gasteiger partial charge >= 0.3 is 0 Å². The molecule has 0 saturated heterocycles. The summed E-state index contributed by atoms with van der Waals surface area (Å²) >= 11 is 0. The van der Waals surface area contributed by atoms with Gasteiger partial charge in [0.25, 0.3) is 0 Å². The molecule has 0 radical (unpaired) electrons. The fraction of sp³-hybridized carbons (Fsp3) is 0. The van der Waals surface area contributed by atoms with Gasteiger partial charge in [-0.2, -0.15) is 0 Å². The maximum Gasteiger partial charge on any atom is 0.123 e. The third-order valence-corrected chi connectivity index (χ3v) is 5.28. The Kier molecular flexibility index (Phi) is 3.77. The topological polar surface area (TPSA) is 40.5 Å². The summed E-state index contributed by atoms with van der Waals surface area (Å²) in [4.78, 5) is 0. The molecular weight excluding hydrogens is 344 g/mol. The highest BCUT2D eigenvalue weighted by Gasteiger charge is 2.20. The molecule has 2 N–H and O–H groups in total. The second-order valence-corrected chi connectivity index (χ2v) is 6.88. The lowest BCUT2D eigenvalue weighted by Gasteiger charge is -2.19. The molecule has 28 heavy (non-hydrogen) atoms. The molecule has 0 heterocycles. The minimum atomic E-state index is 0.222. The molecule has 2 nitrogen and oxygen atoms in total. The van der Waals surface area contributed by atoms with Gasteiger partial charge in [0.15, 0.2) is 0 Å². The molecule has 5 aromatic carbocycles. The van der Waals surface area contributed by atoms with Gasteiger partial charge < -0.3 is 10.2 Å². The summed E-state index contributed by atoms with van der Waals surface area (Å²) in [5, 5.41) is 25.7. The zero-order valence-electron chi connectivity index (χ0n) is 15.1. The van der Waals surface area contributed by atoms with E-state index in [0.29, 0.717) is 0 Å². The number of phenolic OH excluding ortho intramolecular Hbond substituents is 2. The van der Waals surface area contributed by atoms with Crippen molar-refractivity contribution in [3.63, 3.8) is 0 Å². The van der Waals surface area contributed by atoms with Crippen molar-refractivity contribution >= 4 is 21.5 Å². The van der Waals surface area contributed by atoms with E-state index in [-0.39, 0.29) is 11.5 Å². The molecule has 2 heteroatoms. The first-order valence-corrected chi connectivity index (χ1v) is 9.26. The van der Waals surface area contributed by atoms with E-state index in [9.17, 15) is 10.2 Å². The lowest BCUT2D eigenvalue weighted by atomic mass is 9.84.